The summed E-state index contributed by atoms with van der Waals surface area (Å²) in [6.45, 7) is 8.96. The molecule has 5 heterocycles. The van der Waals surface area contributed by atoms with Crippen molar-refractivity contribution >= 4 is 34.2 Å². The van der Waals surface area contributed by atoms with Crippen LogP contribution in [0.25, 0.3) is 10.8 Å². The number of aromatic nitrogens is 4. The Morgan fingerprint density at radius 1 is 1.08 bits per heavy atom. The fraction of sp³-hybridized carbons (Fsp3) is 0.538. The number of alkyl halides is 1. The summed E-state index contributed by atoms with van der Waals surface area (Å²) < 4.78 is 14.7. The van der Waals surface area contributed by atoms with E-state index in [1.54, 1.807) is 17.2 Å². The average Bonchev–Trinajstić information content (AvgIpc) is 3.18. The Hall–Kier alpha value is -3.11. The minimum Gasteiger partial charge on any atom is -0.391 e. The van der Waals surface area contributed by atoms with E-state index in [9.17, 15) is 14.6 Å². The molecule has 0 saturated carbocycles. The summed E-state index contributed by atoms with van der Waals surface area (Å²) >= 11 is 0. The van der Waals surface area contributed by atoms with E-state index in [1.165, 1.54) is 6.92 Å². The minimum absolute atomic E-state index is 0.00933. The Balaban J connectivity index is 1.45. The van der Waals surface area contributed by atoms with Crippen molar-refractivity contribution < 1.29 is 14.6 Å². The Bertz CT molecular complexity index is 1250. The third-order valence-corrected chi connectivity index (χ3v) is 7.44. The lowest BCUT2D eigenvalue weighted by molar-refractivity contribution is -0.00860. The van der Waals surface area contributed by atoms with Crippen LogP contribution >= 0.6 is 0 Å². The monoisotopic (exact) mass is 495 g/mol. The molecule has 0 bridgehead atoms. The topological polar surface area (TPSA) is 111 Å². The molecule has 0 amide bonds. The van der Waals surface area contributed by atoms with Crippen LogP contribution in [0.1, 0.15) is 52.0 Å². The summed E-state index contributed by atoms with van der Waals surface area (Å²) in [7, 11) is 0. The van der Waals surface area contributed by atoms with E-state index in [2.05, 4.69) is 39.0 Å². The Kier molecular flexibility index (Phi) is 6.42. The molecule has 2 saturated heterocycles. The number of nitrogens with zero attached hydrogens (tertiary/aromatic N) is 6. The van der Waals surface area contributed by atoms with E-state index in [0.29, 0.717) is 30.5 Å². The highest BCUT2D eigenvalue weighted by atomic mass is 19.1. The lowest BCUT2D eigenvalue weighted by Gasteiger charge is -2.38. The molecule has 36 heavy (non-hydrogen) atoms. The van der Waals surface area contributed by atoms with Crippen molar-refractivity contribution in [3.63, 3.8) is 0 Å². The van der Waals surface area contributed by atoms with Crippen LogP contribution in [0.4, 0.5) is 27.8 Å². The summed E-state index contributed by atoms with van der Waals surface area (Å²) in [6.07, 6.45) is 5.06. The van der Waals surface area contributed by atoms with Gasteiger partial charge in [-0.25, -0.2) is 19.3 Å². The molecule has 5 rings (SSSR count). The van der Waals surface area contributed by atoms with E-state index in [1.807, 2.05) is 25.4 Å². The van der Waals surface area contributed by atoms with Gasteiger partial charge in [0.25, 0.3) is 0 Å². The normalized spacial score (nSPS) is 26.7. The first-order valence-corrected chi connectivity index (χ1v) is 12.6. The Labute approximate surface area is 210 Å². The second-order valence-corrected chi connectivity index (χ2v) is 10.5. The quantitative estimate of drug-likeness (QED) is 0.489. The Morgan fingerprint density at radius 3 is 2.58 bits per heavy atom. The van der Waals surface area contributed by atoms with Gasteiger partial charge in [-0.3, -0.25) is 0 Å². The largest absolute Gasteiger partial charge is 0.391 e. The van der Waals surface area contributed by atoms with Crippen LogP contribution in [0.5, 0.6) is 0 Å². The highest BCUT2D eigenvalue weighted by Crippen LogP contribution is 2.35. The van der Waals surface area contributed by atoms with Gasteiger partial charge < -0.3 is 25.3 Å². The van der Waals surface area contributed by atoms with E-state index in [-0.39, 0.29) is 24.6 Å². The van der Waals surface area contributed by atoms with Crippen molar-refractivity contribution in [3.05, 3.63) is 36.3 Å². The zero-order chi connectivity index (χ0) is 25.6. The number of piperidine rings is 1. The first-order chi connectivity index (χ1) is 17.1. The molecule has 0 radical (unpaired) electrons. The minimum atomic E-state index is -1.72. The van der Waals surface area contributed by atoms with Gasteiger partial charge in [-0.15, -0.1) is 0 Å². The van der Waals surface area contributed by atoms with Crippen molar-refractivity contribution in [2.45, 2.75) is 70.4 Å². The van der Waals surface area contributed by atoms with Gasteiger partial charge in [-0.2, -0.15) is 4.98 Å². The van der Waals surface area contributed by atoms with E-state index < -0.39 is 11.8 Å². The molecule has 0 spiro atoms. The van der Waals surface area contributed by atoms with E-state index in [4.69, 9.17) is 4.98 Å². The molecule has 0 unspecified atom stereocenters. The van der Waals surface area contributed by atoms with Gasteiger partial charge in [0, 0.05) is 37.1 Å². The zero-order valence-electron chi connectivity index (χ0n) is 21.2. The first kappa shape index (κ1) is 24.6. The van der Waals surface area contributed by atoms with Crippen LogP contribution in [0.3, 0.4) is 0 Å². The number of aliphatic hydroxyl groups is 2. The summed E-state index contributed by atoms with van der Waals surface area (Å²) in [5.74, 6) is 2.69. The predicted molar refractivity (Wildman–Crippen MR) is 139 cm³/mol. The molecule has 3 aromatic heterocycles. The van der Waals surface area contributed by atoms with Crippen molar-refractivity contribution in [2.75, 3.05) is 34.8 Å². The van der Waals surface area contributed by atoms with Gasteiger partial charge in [0.15, 0.2) is 5.67 Å². The van der Waals surface area contributed by atoms with Crippen LogP contribution < -0.4 is 15.1 Å². The summed E-state index contributed by atoms with van der Waals surface area (Å²) in [5, 5.41) is 25.5. The molecule has 0 aliphatic carbocycles. The maximum atomic E-state index is 14.7. The number of pyridine rings is 2. The molecule has 192 valence electrons. The van der Waals surface area contributed by atoms with Crippen molar-refractivity contribution in [3.8, 4) is 0 Å². The van der Waals surface area contributed by atoms with Gasteiger partial charge >= 0.3 is 0 Å². The predicted octanol–water partition coefficient (Wildman–Crippen LogP) is 3.55. The van der Waals surface area contributed by atoms with Gasteiger partial charge in [-0.1, -0.05) is 13.8 Å². The lowest BCUT2D eigenvalue weighted by Crippen LogP contribution is -2.52. The first-order valence-electron chi connectivity index (χ1n) is 12.6. The smallest absolute Gasteiger partial charge is 0.227 e. The number of rotatable bonds is 5. The molecule has 2 aliphatic rings. The second kappa shape index (κ2) is 9.40. The SMILES string of the molecule is CC(C)c1cnc(N2CC[C@H](O)[C@H]2C)c2cnc(Nc3ccnc(N4CC[C@@H](O)[C@@](C)(F)C4)n3)cc12. The molecule has 2 fully saturated rings. The van der Waals surface area contributed by atoms with Crippen molar-refractivity contribution in [1.29, 1.82) is 0 Å². The van der Waals surface area contributed by atoms with Gasteiger partial charge in [-0.05, 0) is 55.7 Å². The van der Waals surface area contributed by atoms with Crippen LogP contribution in [0, 0.1) is 0 Å². The van der Waals surface area contributed by atoms with Gasteiger partial charge in [0.1, 0.15) is 17.5 Å². The third-order valence-electron chi connectivity index (χ3n) is 7.44. The van der Waals surface area contributed by atoms with E-state index >= 15 is 0 Å². The number of halogens is 1. The number of aliphatic hydroxyl groups excluding tert-OH is 2. The average molecular weight is 496 g/mol. The van der Waals surface area contributed by atoms with Gasteiger partial charge in [0.05, 0.1) is 24.8 Å². The summed E-state index contributed by atoms with van der Waals surface area (Å²) in [6, 6.07) is 3.74. The van der Waals surface area contributed by atoms with Gasteiger partial charge in [0.2, 0.25) is 5.95 Å². The molecule has 10 heteroatoms. The van der Waals surface area contributed by atoms with Crippen LogP contribution in [-0.4, -0.2) is 73.7 Å². The standard InChI is InChI=1S/C26H34FN7O2/c1-15(2)18-12-30-24(34-10-6-20(35)16(34)3)19-13-29-23(11-17(18)19)31-22-5-8-28-25(32-22)33-9-7-21(36)26(4,27)14-33/h5,8,11-13,15-16,20-21,35-36H,6-7,9-10,14H2,1-4H3,(H,28,29,31,32)/t16-,20+,21-,26+/m1/s1. The molecule has 9 nitrogen and oxygen atoms in total. The number of hydrogen-bond donors (Lipinski definition) is 3. The molecule has 2 aliphatic heterocycles. The summed E-state index contributed by atoms with van der Waals surface area (Å²) in [5.41, 5.74) is -0.601. The maximum absolute atomic E-state index is 14.7. The zero-order valence-corrected chi connectivity index (χ0v) is 21.2. The van der Waals surface area contributed by atoms with Crippen molar-refractivity contribution in [2.24, 2.45) is 0 Å². The second-order valence-electron chi connectivity index (χ2n) is 10.5. The highest BCUT2D eigenvalue weighted by molar-refractivity contribution is 5.96. The number of hydrogen-bond acceptors (Lipinski definition) is 9. The fourth-order valence-electron chi connectivity index (χ4n) is 5.13. The molecule has 4 atom stereocenters. The number of nitrogens with one attached hydrogen (secondary N) is 1. The molecule has 0 aromatic carbocycles. The van der Waals surface area contributed by atoms with E-state index in [0.717, 1.165) is 35.1 Å². The maximum Gasteiger partial charge on any atom is 0.227 e. The molecular weight excluding hydrogens is 461 g/mol. The van der Waals surface area contributed by atoms with Crippen LogP contribution in [-0.2, 0) is 0 Å². The molecule has 3 N–H and O–H groups in total. The highest BCUT2D eigenvalue weighted by Gasteiger charge is 2.39. The number of anilines is 4. The fourth-order valence-corrected chi connectivity index (χ4v) is 5.13. The number of fused-ring (bicyclic) bond motifs is 1. The van der Waals surface area contributed by atoms with Crippen molar-refractivity contribution in [1.82, 2.24) is 19.9 Å². The molecule has 3 aromatic rings. The van der Waals surface area contributed by atoms with Crippen LogP contribution in [0.15, 0.2) is 30.7 Å². The summed E-state index contributed by atoms with van der Waals surface area (Å²) in [4.78, 5) is 22.2. The van der Waals surface area contributed by atoms with Crippen LogP contribution in [0.2, 0.25) is 0 Å². The third kappa shape index (κ3) is 4.55. The Morgan fingerprint density at radius 2 is 1.89 bits per heavy atom. The molecular formula is C26H34FN7O2. The lowest BCUT2D eigenvalue weighted by atomic mass is 9.94.